The van der Waals surface area contributed by atoms with Gasteiger partial charge in [0, 0.05) is 10.2 Å². The van der Waals surface area contributed by atoms with E-state index in [1.165, 1.54) is 0 Å². The number of imide groups is 1. The predicted molar refractivity (Wildman–Crippen MR) is 100 cm³/mol. The Hall–Kier alpha value is -1.89. The van der Waals surface area contributed by atoms with E-state index in [4.69, 9.17) is 0 Å². The molecule has 0 bridgehead atoms. The van der Waals surface area contributed by atoms with Crippen molar-refractivity contribution in [2.45, 2.75) is 51.5 Å². The maximum Gasteiger partial charge on any atom is 0.325 e. The molecule has 6 nitrogen and oxygen atoms in total. The van der Waals surface area contributed by atoms with E-state index < -0.39 is 17.5 Å². The molecule has 1 aliphatic rings. The maximum atomic E-state index is 12.6. The molecule has 0 unspecified atom stereocenters. The van der Waals surface area contributed by atoms with Gasteiger partial charge in [-0.25, -0.2) is 4.79 Å². The van der Waals surface area contributed by atoms with Crippen molar-refractivity contribution in [1.29, 1.82) is 0 Å². The molecule has 1 atom stereocenters. The molecule has 1 aromatic rings. The quantitative estimate of drug-likeness (QED) is 0.507. The van der Waals surface area contributed by atoms with Crippen LogP contribution in [-0.2, 0) is 9.59 Å². The van der Waals surface area contributed by atoms with Crippen molar-refractivity contribution in [2.24, 2.45) is 0 Å². The van der Waals surface area contributed by atoms with Crippen LogP contribution in [-0.4, -0.2) is 34.8 Å². The number of carbonyl (C=O) groups is 3. The van der Waals surface area contributed by atoms with Crippen LogP contribution in [0, 0.1) is 0 Å². The van der Waals surface area contributed by atoms with Crippen LogP contribution >= 0.6 is 15.9 Å². The van der Waals surface area contributed by atoms with E-state index in [2.05, 4.69) is 33.5 Å². The Kier molecular flexibility index (Phi) is 6.58. The fraction of sp³-hybridized carbons (Fsp3) is 0.500. The molecule has 25 heavy (non-hydrogen) atoms. The Balaban J connectivity index is 1.92. The summed E-state index contributed by atoms with van der Waals surface area (Å²) in [5, 5.41) is 5.43. The lowest BCUT2D eigenvalue weighted by Gasteiger charge is -2.21. The lowest BCUT2D eigenvalue weighted by molar-refractivity contribution is -0.133. The zero-order valence-corrected chi connectivity index (χ0v) is 16.2. The first-order chi connectivity index (χ1) is 11.9. The van der Waals surface area contributed by atoms with E-state index in [1.54, 1.807) is 31.2 Å². The second-order valence-electron chi connectivity index (χ2n) is 6.52. The topological polar surface area (TPSA) is 78.5 Å². The van der Waals surface area contributed by atoms with E-state index in [-0.39, 0.29) is 12.5 Å². The predicted octanol–water partition coefficient (Wildman–Crippen LogP) is 3.67. The van der Waals surface area contributed by atoms with Crippen LogP contribution in [0.4, 0.5) is 10.5 Å². The van der Waals surface area contributed by atoms with Crippen molar-refractivity contribution in [3.05, 3.63) is 28.7 Å². The van der Waals surface area contributed by atoms with Crippen LogP contribution in [0.5, 0.6) is 0 Å². The Morgan fingerprint density at radius 1 is 1.20 bits per heavy atom. The van der Waals surface area contributed by atoms with Crippen molar-refractivity contribution in [3.63, 3.8) is 0 Å². The summed E-state index contributed by atoms with van der Waals surface area (Å²) in [6, 6.07) is 6.58. The Morgan fingerprint density at radius 2 is 1.88 bits per heavy atom. The number of nitrogens with one attached hydrogen (secondary N) is 2. The van der Waals surface area contributed by atoms with Gasteiger partial charge in [0.2, 0.25) is 5.91 Å². The van der Waals surface area contributed by atoms with E-state index >= 15 is 0 Å². The van der Waals surface area contributed by atoms with Gasteiger partial charge in [-0.15, -0.1) is 0 Å². The average Bonchev–Trinajstić information content (AvgIpc) is 2.77. The van der Waals surface area contributed by atoms with Gasteiger partial charge in [0.25, 0.3) is 5.91 Å². The van der Waals surface area contributed by atoms with E-state index in [1.807, 2.05) is 0 Å². The lowest BCUT2D eigenvalue weighted by atomic mass is 9.94. The molecular weight excluding hydrogens is 386 g/mol. The van der Waals surface area contributed by atoms with Crippen LogP contribution in [0.1, 0.15) is 46.0 Å². The van der Waals surface area contributed by atoms with Gasteiger partial charge in [-0.2, -0.15) is 0 Å². The molecule has 1 aromatic carbocycles. The largest absolute Gasteiger partial charge is 0.325 e. The number of nitrogens with zero attached hydrogens (tertiary/aromatic N) is 1. The minimum Gasteiger partial charge on any atom is -0.325 e. The van der Waals surface area contributed by atoms with Gasteiger partial charge in [-0.05, 0) is 37.6 Å². The summed E-state index contributed by atoms with van der Waals surface area (Å²) in [4.78, 5) is 37.9. The van der Waals surface area contributed by atoms with Gasteiger partial charge in [-0.3, -0.25) is 14.5 Å². The minimum absolute atomic E-state index is 0.286. The molecular formula is C18H24BrN3O3. The molecule has 1 heterocycles. The molecule has 1 aliphatic heterocycles. The molecule has 1 fully saturated rings. The number of rotatable bonds is 8. The fourth-order valence-electron chi connectivity index (χ4n) is 2.84. The van der Waals surface area contributed by atoms with Crippen LogP contribution in [0.25, 0.3) is 0 Å². The number of anilines is 1. The van der Waals surface area contributed by atoms with E-state index in [0.717, 1.165) is 35.1 Å². The van der Waals surface area contributed by atoms with E-state index in [0.29, 0.717) is 12.1 Å². The highest BCUT2D eigenvalue weighted by Gasteiger charge is 2.47. The smallest absolute Gasteiger partial charge is 0.325 e. The van der Waals surface area contributed by atoms with Gasteiger partial charge in [0.1, 0.15) is 12.1 Å². The summed E-state index contributed by atoms with van der Waals surface area (Å²) < 4.78 is 0.901. The maximum absolute atomic E-state index is 12.6. The third-order valence-corrected chi connectivity index (χ3v) is 4.83. The molecule has 0 saturated carbocycles. The first-order valence-electron chi connectivity index (χ1n) is 8.55. The van der Waals surface area contributed by atoms with Crippen LogP contribution < -0.4 is 10.6 Å². The molecule has 136 valence electrons. The highest BCUT2D eigenvalue weighted by atomic mass is 79.9. The minimum atomic E-state index is -0.914. The highest BCUT2D eigenvalue weighted by Crippen LogP contribution is 2.24. The van der Waals surface area contributed by atoms with Crippen molar-refractivity contribution in [1.82, 2.24) is 10.2 Å². The number of amides is 4. The molecule has 4 amide bonds. The number of carbonyl (C=O) groups excluding carboxylic acids is 3. The Morgan fingerprint density at radius 3 is 2.52 bits per heavy atom. The Labute approximate surface area is 156 Å². The van der Waals surface area contributed by atoms with Gasteiger partial charge in [-0.1, -0.05) is 48.5 Å². The first kappa shape index (κ1) is 19.4. The van der Waals surface area contributed by atoms with Gasteiger partial charge >= 0.3 is 6.03 Å². The fourth-order valence-corrected chi connectivity index (χ4v) is 3.11. The summed E-state index contributed by atoms with van der Waals surface area (Å²) in [6.07, 6.45) is 4.70. The SMILES string of the molecule is CCCCCC[C@@]1(C)NC(=O)N(CC(=O)Nc2ccc(Br)cc2)C1=O. The third kappa shape index (κ3) is 5.04. The second-order valence-corrected chi connectivity index (χ2v) is 7.43. The summed E-state index contributed by atoms with van der Waals surface area (Å²) in [5.41, 5.74) is -0.300. The lowest BCUT2D eigenvalue weighted by Crippen LogP contribution is -2.44. The Bertz CT molecular complexity index is 647. The van der Waals surface area contributed by atoms with Crippen LogP contribution in [0.15, 0.2) is 28.7 Å². The van der Waals surface area contributed by atoms with Gasteiger partial charge < -0.3 is 10.6 Å². The molecule has 0 aromatic heterocycles. The van der Waals surface area contributed by atoms with E-state index in [9.17, 15) is 14.4 Å². The summed E-state index contributed by atoms with van der Waals surface area (Å²) >= 11 is 3.32. The number of unbranched alkanes of at least 4 members (excludes halogenated alkanes) is 3. The molecule has 0 radical (unpaired) electrons. The molecule has 0 spiro atoms. The second kappa shape index (κ2) is 8.47. The summed E-state index contributed by atoms with van der Waals surface area (Å²) in [6.45, 7) is 3.56. The van der Waals surface area contributed by atoms with Crippen molar-refractivity contribution >= 4 is 39.5 Å². The average molecular weight is 410 g/mol. The van der Waals surface area contributed by atoms with Crippen LogP contribution in [0.3, 0.4) is 0 Å². The molecule has 2 N–H and O–H groups in total. The first-order valence-corrected chi connectivity index (χ1v) is 9.34. The van der Waals surface area contributed by atoms with Crippen molar-refractivity contribution < 1.29 is 14.4 Å². The van der Waals surface area contributed by atoms with Crippen LogP contribution in [0.2, 0.25) is 0 Å². The zero-order chi connectivity index (χ0) is 18.4. The van der Waals surface area contributed by atoms with Gasteiger partial charge in [0.15, 0.2) is 0 Å². The van der Waals surface area contributed by atoms with Crippen molar-refractivity contribution in [3.8, 4) is 0 Å². The zero-order valence-electron chi connectivity index (χ0n) is 14.6. The molecule has 7 heteroatoms. The highest BCUT2D eigenvalue weighted by molar-refractivity contribution is 9.10. The number of halogens is 1. The van der Waals surface area contributed by atoms with Gasteiger partial charge in [0.05, 0.1) is 0 Å². The molecule has 0 aliphatic carbocycles. The monoisotopic (exact) mass is 409 g/mol. The number of urea groups is 1. The number of hydrogen-bond donors (Lipinski definition) is 2. The number of hydrogen-bond acceptors (Lipinski definition) is 3. The molecule has 1 saturated heterocycles. The number of benzene rings is 1. The third-order valence-electron chi connectivity index (χ3n) is 4.31. The summed E-state index contributed by atoms with van der Waals surface area (Å²) in [5.74, 6) is -0.735. The van der Waals surface area contributed by atoms with Crippen molar-refractivity contribution in [2.75, 3.05) is 11.9 Å². The molecule has 2 rings (SSSR count). The summed E-state index contributed by atoms with van der Waals surface area (Å²) in [7, 11) is 0. The standard InChI is InChI=1S/C18H24BrN3O3/c1-3-4-5-6-11-18(2)16(24)22(17(25)21-18)12-15(23)20-14-9-7-13(19)8-10-14/h7-10H,3-6,11-12H2,1-2H3,(H,20,23)(H,21,25)/t18-/m1/s1. The normalized spacial score (nSPS) is 19.9.